The lowest BCUT2D eigenvalue weighted by Gasteiger charge is -2.23. The van der Waals surface area contributed by atoms with Crippen LogP contribution in [-0.2, 0) is 11.3 Å². The Morgan fingerprint density at radius 1 is 1.17 bits per heavy atom. The molecule has 1 amide bonds. The van der Waals surface area contributed by atoms with Crippen molar-refractivity contribution in [3.8, 4) is 5.75 Å². The van der Waals surface area contributed by atoms with Crippen LogP contribution < -0.4 is 0 Å². The third-order valence-electron chi connectivity index (χ3n) is 3.99. The van der Waals surface area contributed by atoms with Gasteiger partial charge in [0.05, 0.1) is 0 Å². The van der Waals surface area contributed by atoms with E-state index in [9.17, 15) is 15.0 Å². The minimum absolute atomic E-state index is 0.153. The van der Waals surface area contributed by atoms with Crippen LogP contribution >= 0.6 is 11.3 Å². The van der Waals surface area contributed by atoms with Crippen LogP contribution in [0.2, 0.25) is 0 Å². The molecular formula is C19H19NO3S. The Morgan fingerprint density at radius 3 is 2.58 bits per heavy atom. The quantitative estimate of drug-likeness (QED) is 0.744. The van der Waals surface area contributed by atoms with E-state index in [2.05, 4.69) is 0 Å². The number of rotatable bonds is 5. The van der Waals surface area contributed by atoms with Gasteiger partial charge in [0, 0.05) is 28.2 Å². The number of nitrogens with zero attached hydrogens (tertiary/aromatic N) is 1. The van der Waals surface area contributed by atoms with Gasteiger partial charge in [-0.05, 0) is 30.5 Å². The molecule has 0 aliphatic heterocycles. The van der Waals surface area contributed by atoms with E-state index in [0.29, 0.717) is 17.0 Å². The zero-order chi connectivity index (χ0) is 17.1. The number of aliphatic hydroxyl groups excluding tert-OH is 1. The molecular weight excluding hydrogens is 322 g/mol. The zero-order valence-electron chi connectivity index (χ0n) is 13.3. The fourth-order valence-electron chi connectivity index (χ4n) is 2.63. The van der Waals surface area contributed by atoms with E-state index in [0.717, 1.165) is 10.1 Å². The number of likely N-dealkylation sites (N-methyl/N-ethyl adjacent to an activating group) is 1. The fraction of sp³-hybridized carbons (Fsp3) is 0.211. The topological polar surface area (TPSA) is 60.8 Å². The highest BCUT2D eigenvalue weighted by atomic mass is 32.1. The van der Waals surface area contributed by atoms with Crippen molar-refractivity contribution in [1.82, 2.24) is 4.90 Å². The van der Waals surface area contributed by atoms with Crippen molar-refractivity contribution in [1.29, 1.82) is 0 Å². The monoisotopic (exact) mass is 341 g/mol. The second-order valence-corrected chi connectivity index (χ2v) is 6.69. The first kappa shape index (κ1) is 16.5. The third kappa shape index (κ3) is 3.27. The van der Waals surface area contributed by atoms with E-state index in [4.69, 9.17) is 0 Å². The normalized spacial score (nSPS) is 12.2. The number of fused-ring (bicyclic) bond motifs is 1. The second-order valence-electron chi connectivity index (χ2n) is 5.57. The van der Waals surface area contributed by atoms with E-state index in [1.165, 1.54) is 11.3 Å². The number of para-hydroxylation sites is 1. The van der Waals surface area contributed by atoms with Gasteiger partial charge >= 0.3 is 0 Å². The number of aliphatic hydroxyl groups is 1. The summed E-state index contributed by atoms with van der Waals surface area (Å²) < 4.78 is 1.04. The molecule has 0 aliphatic carbocycles. The van der Waals surface area contributed by atoms with Crippen molar-refractivity contribution >= 4 is 27.3 Å². The highest BCUT2D eigenvalue weighted by molar-refractivity contribution is 7.19. The molecule has 2 N–H and O–H groups in total. The maximum Gasteiger partial charge on any atom is 0.257 e. The van der Waals surface area contributed by atoms with E-state index >= 15 is 0 Å². The van der Waals surface area contributed by atoms with Crippen molar-refractivity contribution in [3.63, 3.8) is 0 Å². The van der Waals surface area contributed by atoms with Crippen LogP contribution in [0, 0.1) is 0 Å². The highest BCUT2D eigenvalue weighted by Crippen LogP contribution is 2.31. The average Bonchev–Trinajstić information content (AvgIpc) is 3.04. The summed E-state index contributed by atoms with van der Waals surface area (Å²) in [4.78, 5) is 14.8. The van der Waals surface area contributed by atoms with Gasteiger partial charge in [0.25, 0.3) is 5.91 Å². The molecule has 0 bridgehead atoms. The standard InChI is InChI=1S/C19H19NO3S/c1-2-20(12-14-8-3-5-9-15(14)21)19(23)18(22)17-11-13-7-4-6-10-16(13)24-17/h3-11,18,21-22H,2,12H2,1H3. The fourth-order valence-corrected chi connectivity index (χ4v) is 3.67. The molecule has 5 heteroatoms. The molecule has 1 atom stereocenters. The lowest BCUT2D eigenvalue weighted by molar-refractivity contribution is -0.140. The highest BCUT2D eigenvalue weighted by Gasteiger charge is 2.25. The first-order valence-electron chi connectivity index (χ1n) is 7.82. The van der Waals surface area contributed by atoms with Crippen LogP contribution in [0.25, 0.3) is 10.1 Å². The summed E-state index contributed by atoms with van der Waals surface area (Å²) in [6.45, 7) is 2.58. The Kier molecular flexibility index (Phi) is 4.83. The van der Waals surface area contributed by atoms with Gasteiger partial charge in [0.1, 0.15) is 5.75 Å². The van der Waals surface area contributed by atoms with Crippen LogP contribution in [0.4, 0.5) is 0 Å². The summed E-state index contributed by atoms with van der Waals surface area (Å²) in [5, 5.41) is 21.4. The summed E-state index contributed by atoms with van der Waals surface area (Å²) in [5.74, 6) is -0.201. The zero-order valence-corrected chi connectivity index (χ0v) is 14.2. The largest absolute Gasteiger partial charge is 0.508 e. The minimum atomic E-state index is -1.19. The summed E-state index contributed by atoms with van der Waals surface area (Å²) in [5.41, 5.74) is 0.663. The maximum absolute atomic E-state index is 12.7. The molecule has 0 spiro atoms. The number of hydrogen-bond donors (Lipinski definition) is 2. The molecule has 3 rings (SSSR count). The molecule has 0 aliphatic rings. The van der Waals surface area contributed by atoms with Gasteiger partial charge in [0.2, 0.25) is 0 Å². The Balaban J connectivity index is 1.81. The Hall–Kier alpha value is -2.37. The number of carbonyl (C=O) groups excluding carboxylic acids is 1. The lowest BCUT2D eigenvalue weighted by atomic mass is 10.1. The van der Waals surface area contributed by atoms with Crippen LogP contribution in [-0.4, -0.2) is 27.6 Å². The molecule has 4 nitrogen and oxygen atoms in total. The molecule has 0 saturated carbocycles. The predicted octanol–water partition coefficient (Wildman–Crippen LogP) is 3.69. The number of thiophene rings is 1. The summed E-state index contributed by atoms with van der Waals surface area (Å²) >= 11 is 1.42. The molecule has 0 radical (unpaired) electrons. The van der Waals surface area contributed by atoms with Crippen LogP contribution in [0.15, 0.2) is 54.6 Å². The molecule has 0 saturated heterocycles. The SMILES string of the molecule is CCN(Cc1ccccc1O)C(=O)C(O)c1cc2ccccc2s1. The van der Waals surface area contributed by atoms with Crippen molar-refractivity contribution in [2.24, 2.45) is 0 Å². The Labute approximate surface area is 144 Å². The number of amides is 1. The lowest BCUT2D eigenvalue weighted by Crippen LogP contribution is -2.34. The second kappa shape index (κ2) is 7.03. The molecule has 2 aromatic carbocycles. The van der Waals surface area contributed by atoms with Gasteiger partial charge in [-0.1, -0.05) is 36.4 Å². The molecule has 24 heavy (non-hydrogen) atoms. The van der Waals surface area contributed by atoms with E-state index < -0.39 is 6.10 Å². The van der Waals surface area contributed by atoms with Crippen molar-refractivity contribution < 1.29 is 15.0 Å². The number of carbonyl (C=O) groups is 1. The van der Waals surface area contributed by atoms with Crippen molar-refractivity contribution in [3.05, 3.63) is 65.0 Å². The van der Waals surface area contributed by atoms with E-state index in [-0.39, 0.29) is 18.2 Å². The summed E-state index contributed by atoms with van der Waals surface area (Å²) in [6, 6.07) is 16.6. The minimum Gasteiger partial charge on any atom is -0.508 e. The Morgan fingerprint density at radius 2 is 1.88 bits per heavy atom. The molecule has 0 fully saturated rings. The number of benzene rings is 2. The first-order valence-corrected chi connectivity index (χ1v) is 8.64. The van der Waals surface area contributed by atoms with Crippen LogP contribution in [0.5, 0.6) is 5.75 Å². The van der Waals surface area contributed by atoms with E-state index in [1.807, 2.05) is 43.3 Å². The van der Waals surface area contributed by atoms with Gasteiger partial charge in [-0.25, -0.2) is 0 Å². The number of phenolic OH excluding ortho intramolecular Hbond substituents is 1. The summed E-state index contributed by atoms with van der Waals surface area (Å²) in [6.07, 6.45) is -1.19. The van der Waals surface area contributed by atoms with Gasteiger partial charge in [-0.2, -0.15) is 0 Å². The number of phenols is 1. The van der Waals surface area contributed by atoms with Crippen molar-refractivity contribution in [2.75, 3.05) is 6.54 Å². The smallest absolute Gasteiger partial charge is 0.257 e. The van der Waals surface area contributed by atoms with Gasteiger partial charge in [-0.3, -0.25) is 4.79 Å². The third-order valence-corrected chi connectivity index (χ3v) is 5.16. The van der Waals surface area contributed by atoms with Gasteiger partial charge in [-0.15, -0.1) is 11.3 Å². The average molecular weight is 341 g/mol. The maximum atomic E-state index is 12.7. The molecule has 1 unspecified atom stereocenters. The van der Waals surface area contributed by atoms with Crippen LogP contribution in [0.1, 0.15) is 23.5 Å². The number of aromatic hydroxyl groups is 1. The van der Waals surface area contributed by atoms with Crippen LogP contribution in [0.3, 0.4) is 0 Å². The summed E-state index contributed by atoms with van der Waals surface area (Å²) in [7, 11) is 0. The molecule has 1 heterocycles. The molecule has 124 valence electrons. The predicted molar refractivity (Wildman–Crippen MR) is 96.0 cm³/mol. The van der Waals surface area contributed by atoms with Gasteiger partial charge in [0.15, 0.2) is 6.10 Å². The number of hydrogen-bond acceptors (Lipinski definition) is 4. The van der Waals surface area contributed by atoms with E-state index in [1.54, 1.807) is 23.1 Å². The molecule has 3 aromatic rings. The van der Waals surface area contributed by atoms with Gasteiger partial charge < -0.3 is 15.1 Å². The molecule has 1 aromatic heterocycles. The first-order chi connectivity index (χ1) is 11.6. The Bertz CT molecular complexity index is 825. The van der Waals surface area contributed by atoms with Crippen molar-refractivity contribution in [2.45, 2.75) is 19.6 Å².